The van der Waals surface area contributed by atoms with Crippen LogP contribution in [0.3, 0.4) is 0 Å². The van der Waals surface area contributed by atoms with Gasteiger partial charge in [0.15, 0.2) is 0 Å². The van der Waals surface area contributed by atoms with Crippen LogP contribution in [0.1, 0.15) is 50.5 Å². The van der Waals surface area contributed by atoms with Crippen LogP contribution >= 0.6 is 0 Å². The van der Waals surface area contributed by atoms with Gasteiger partial charge in [0.2, 0.25) is 0 Å². The molecular weight excluding hydrogens is 236 g/mol. The second-order valence-corrected chi connectivity index (χ2v) is 6.25. The first-order valence-corrected chi connectivity index (χ1v) is 7.80. The van der Waals surface area contributed by atoms with Gasteiger partial charge in [-0.2, -0.15) is 0 Å². The summed E-state index contributed by atoms with van der Waals surface area (Å²) in [5.41, 5.74) is 0. The minimum Gasteiger partial charge on any atom is -0.465 e. The molecule has 2 atom stereocenters. The van der Waals surface area contributed by atoms with E-state index in [1.807, 2.05) is 6.92 Å². The Bertz CT molecular complexity index is 403. The van der Waals surface area contributed by atoms with Gasteiger partial charge in [0.1, 0.15) is 11.5 Å². The van der Waals surface area contributed by atoms with Crippen LogP contribution in [0, 0.1) is 6.92 Å². The van der Waals surface area contributed by atoms with Gasteiger partial charge >= 0.3 is 0 Å². The molecule has 3 heterocycles. The predicted octanol–water partition coefficient (Wildman–Crippen LogP) is 3.08. The molecule has 0 saturated carbocycles. The van der Waals surface area contributed by atoms with Crippen LogP contribution in [0.15, 0.2) is 16.5 Å². The van der Waals surface area contributed by atoms with Crippen molar-refractivity contribution in [3.05, 3.63) is 23.7 Å². The molecule has 1 aromatic heterocycles. The molecule has 2 aliphatic rings. The number of hydrogen-bond donors (Lipinski definition) is 1. The third kappa shape index (κ3) is 3.03. The lowest BCUT2D eigenvalue weighted by molar-refractivity contribution is 0.125. The second-order valence-electron chi connectivity index (χ2n) is 6.25. The molecule has 2 saturated heterocycles. The van der Waals surface area contributed by atoms with Gasteiger partial charge in [-0.05, 0) is 57.7 Å². The van der Waals surface area contributed by atoms with Gasteiger partial charge in [0, 0.05) is 18.1 Å². The van der Waals surface area contributed by atoms with Gasteiger partial charge in [-0.1, -0.05) is 6.92 Å². The van der Waals surface area contributed by atoms with Crippen LogP contribution in [0.25, 0.3) is 0 Å². The van der Waals surface area contributed by atoms with E-state index in [1.165, 1.54) is 38.6 Å². The van der Waals surface area contributed by atoms with Crippen LogP contribution < -0.4 is 5.32 Å². The van der Waals surface area contributed by atoms with Gasteiger partial charge in [-0.15, -0.1) is 0 Å². The van der Waals surface area contributed by atoms with Crippen molar-refractivity contribution in [1.82, 2.24) is 10.2 Å². The summed E-state index contributed by atoms with van der Waals surface area (Å²) >= 11 is 0. The van der Waals surface area contributed by atoms with E-state index in [0.29, 0.717) is 0 Å². The smallest absolute Gasteiger partial charge is 0.118 e. The average Bonchev–Trinajstić information content (AvgIpc) is 2.95. The molecule has 2 bridgehead atoms. The number of furan rings is 1. The van der Waals surface area contributed by atoms with Crippen LogP contribution in [-0.4, -0.2) is 29.6 Å². The average molecular weight is 262 g/mol. The molecule has 0 amide bonds. The third-order valence-electron chi connectivity index (χ3n) is 4.63. The molecule has 106 valence electrons. The summed E-state index contributed by atoms with van der Waals surface area (Å²) in [7, 11) is 0. The monoisotopic (exact) mass is 262 g/mol. The molecule has 2 fully saturated rings. The van der Waals surface area contributed by atoms with Gasteiger partial charge in [-0.25, -0.2) is 0 Å². The van der Waals surface area contributed by atoms with Gasteiger partial charge in [0.25, 0.3) is 0 Å². The Morgan fingerprint density at radius 1 is 1.26 bits per heavy atom. The maximum Gasteiger partial charge on any atom is 0.118 e. The van der Waals surface area contributed by atoms with E-state index in [9.17, 15) is 0 Å². The molecule has 1 aromatic rings. The summed E-state index contributed by atoms with van der Waals surface area (Å²) in [5.74, 6) is 2.15. The maximum absolute atomic E-state index is 5.76. The number of aryl methyl sites for hydroxylation is 1. The fourth-order valence-electron chi connectivity index (χ4n) is 3.77. The van der Waals surface area contributed by atoms with Gasteiger partial charge in [0.05, 0.1) is 6.54 Å². The predicted molar refractivity (Wildman–Crippen MR) is 77.1 cm³/mol. The quantitative estimate of drug-likeness (QED) is 0.884. The van der Waals surface area contributed by atoms with Crippen molar-refractivity contribution in [2.24, 2.45) is 0 Å². The normalized spacial score (nSPS) is 30.2. The highest BCUT2D eigenvalue weighted by molar-refractivity contribution is 5.06. The minimum absolute atomic E-state index is 0.740. The summed E-state index contributed by atoms with van der Waals surface area (Å²) in [6.07, 6.45) is 6.60. The molecule has 19 heavy (non-hydrogen) atoms. The standard InChI is InChI=1S/C16H26N2O/c1-3-8-18(11-16-7-4-12(2)19-16)15-9-13-5-6-14(10-15)17-13/h4,7,13-15,17H,3,5-6,8-11H2,1-2H3. The molecule has 3 rings (SSSR count). The lowest BCUT2D eigenvalue weighted by Gasteiger charge is -2.37. The third-order valence-corrected chi connectivity index (χ3v) is 4.63. The Hall–Kier alpha value is -0.800. The SMILES string of the molecule is CCCN(Cc1ccc(C)o1)C1CC2CCC(C1)N2. The zero-order valence-electron chi connectivity index (χ0n) is 12.2. The van der Waals surface area contributed by atoms with E-state index in [4.69, 9.17) is 4.42 Å². The Labute approximate surface area is 116 Å². The maximum atomic E-state index is 5.76. The van der Waals surface area contributed by atoms with E-state index in [1.54, 1.807) is 0 Å². The number of nitrogens with one attached hydrogen (secondary N) is 1. The van der Waals surface area contributed by atoms with Crippen molar-refractivity contribution in [3.63, 3.8) is 0 Å². The number of fused-ring (bicyclic) bond motifs is 2. The van der Waals surface area contributed by atoms with Crippen molar-refractivity contribution in [3.8, 4) is 0 Å². The topological polar surface area (TPSA) is 28.4 Å². The molecule has 1 N–H and O–H groups in total. The van der Waals surface area contributed by atoms with E-state index >= 15 is 0 Å². The first-order valence-electron chi connectivity index (χ1n) is 7.80. The van der Waals surface area contributed by atoms with Gasteiger partial charge < -0.3 is 9.73 Å². The van der Waals surface area contributed by atoms with E-state index < -0.39 is 0 Å². The van der Waals surface area contributed by atoms with Crippen LogP contribution in [0.4, 0.5) is 0 Å². The summed E-state index contributed by atoms with van der Waals surface area (Å²) in [6.45, 7) is 6.46. The molecule has 3 nitrogen and oxygen atoms in total. The Morgan fingerprint density at radius 3 is 2.58 bits per heavy atom. The highest BCUT2D eigenvalue weighted by Gasteiger charge is 2.35. The number of rotatable bonds is 5. The van der Waals surface area contributed by atoms with Crippen molar-refractivity contribution < 1.29 is 4.42 Å². The lowest BCUT2D eigenvalue weighted by Crippen LogP contribution is -2.48. The Morgan fingerprint density at radius 2 is 2.00 bits per heavy atom. The first kappa shape index (κ1) is 13.2. The molecule has 0 radical (unpaired) electrons. The summed E-state index contributed by atoms with van der Waals surface area (Å²) in [5, 5.41) is 3.74. The molecule has 2 unspecified atom stereocenters. The second kappa shape index (κ2) is 5.68. The summed E-state index contributed by atoms with van der Waals surface area (Å²) < 4.78 is 5.76. The fourth-order valence-corrected chi connectivity index (χ4v) is 3.77. The largest absolute Gasteiger partial charge is 0.465 e. The van der Waals surface area contributed by atoms with E-state index in [-0.39, 0.29) is 0 Å². The van der Waals surface area contributed by atoms with Crippen molar-refractivity contribution in [1.29, 1.82) is 0 Å². The van der Waals surface area contributed by atoms with Crippen LogP contribution in [0.2, 0.25) is 0 Å². The molecular formula is C16H26N2O. The Balaban J connectivity index is 1.66. The summed E-state index contributed by atoms with van der Waals surface area (Å²) in [6, 6.07) is 6.48. The number of piperidine rings is 1. The van der Waals surface area contributed by atoms with Crippen LogP contribution in [-0.2, 0) is 6.54 Å². The fraction of sp³-hybridized carbons (Fsp3) is 0.750. The lowest BCUT2D eigenvalue weighted by atomic mass is 9.98. The van der Waals surface area contributed by atoms with E-state index in [0.717, 1.165) is 36.2 Å². The Kier molecular flexibility index (Phi) is 3.94. The highest BCUT2D eigenvalue weighted by atomic mass is 16.3. The minimum atomic E-state index is 0.740. The molecule has 0 aromatic carbocycles. The number of hydrogen-bond acceptors (Lipinski definition) is 3. The first-order chi connectivity index (χ1) is 9.24. The molecule has 0 aliphatic carbocycles. The molecule has 3 heteroatoms. The van der Waals surface area contributed by atoms with Crippen molar-refractivity contribution >= 4 is 0 Å². The van der Waals surface area contributed by atoms with E-state index in [2.05, 4.69) is 29.3 Å². The molecule has 2 aliphatic heterocycles. The van der Waals surface area contributed by atoms with Gasteiger partial charge in [-0.3, -0.25) is 4.90 Å². The summed E-state index contributed by atoms with van der Waals surface area (Å²) in [4.78, 5) is 2.64. The van der Waals surface area contributed by atoms with Crippen molar-refractivity contribution in [2.75, 3.05) is 6.54 Å². The molecule has 0 spiro atoms. The zero-order valence-corrected chi connectivity index (χ0v) is 12.2. The zero-order chi connectivity index (χ0) is 13.2. The number of nitrogens with zero attached hydrogens (tertiary/aromatic N) is 1. The highest BCUT2D eigenvalue weighted by Crippen LogP contribution is 2.30. The van der Waals surface area contributed by atoms with Crippen molar-refractivity contribution in [2.45, 2.75) is 70.6 Å². The van der Waals surface area contributed by atoms with Crippen LogP contribution in [0.5, 0.6) is 0 Å².